The van der Waals surface area contributed by atoms with E-state index in [4.69, 9.17) is 4.42 Å². The van der Waals surface area contributed by atoms with Crippen LogP contribution in [0.3, 0.4) is 0 Å². The number of hydrogen-bond donors (Lipinski definition) is 1. The first kappa shape index (κ1) is 19.2. The summed E-state index contributed by atoms with van der Waals surface area (Å²) in [5, 5.41) is 3.44. The Hall–Kier alpha value is -3.18. The quantitative estimate of drug-likeness (QED) is 0.413. The second kappa shape index (κ2) is 7.68. The minimum Gasteiger partial charge on any atom is -0.456 e. The van der Waals surface area contributed by atoms with Gasteiger partial charge in [0.2, 0.25) is 0 Å². The first-order valence-corrected chi connectivity index (χ1v) is 9.92. The van der Waals surface area contributed by atoms with Crippen molar-refractivity contribution in [2.75, 3.05) is 5.32 Å². The number of benzene rings is 3. The number of carbonyl (C=O) groups is 1. The highest BCUT2D eigenvalue weighted by Crippen LogP contribution is 2.25. The average molecular weight is 448 g/mol. The van der Waals surface area contributed by atoms with Gasteiger partial charge in [-0.05, 0) is 61.4 Å². The van der Waals surface area contributed by atoms with Crippen LogP contribution in [0, 0.1) is 13.8 Å². The smallest absolute Gasteiger partial charge is 0.255 e. The fourth-order valence-corrected chi connectivity index (χ4v) is 3.71. The average Bonchev–Trinajstić information content (AvgIpc) is 2.69. The largest absolute Gasteiger partial charge is 0.456 e. The van der Waals surface area contributed by atoms with E-state index in [2.05, 4.69) is 21.2 Å². The number of fused-ring (bicyclic) bond motifs is 1. The number of carbonyl (C=O) groups excluding carboxylic acids is 1. The van der Waals surface area contributed by atoms with Gasteiger partial charge in [0.05, 0.1) is 5.39 Å². The summed E-state index contributed by atoms with van der Waals surface area (Å²) < 4.78 is 6.91. The maximum Gasteiger partial charge on any atom is 0.255 e. The second-order valence-corrected chi connectivity index (χ2v) is 7.89. The van der Waals surface area contributed by atoms with E-state index < -0.39 is 0 Å². The zero-order chi connectivity index (χ0) is 20.5. The number of halogens is 1. The van der Waals surface area contributed by atoms with Crippen LogP contribution in [0.4, 0.5) is 5.69 Å². The van der Waals surface area contributed by atoms with Gasteiger partial charge in [0, 0.05) is 27.4 Å². The molecule has 29 heavy (non-hydrogen) atoms. The van der Waals surface area contributed by atoms with Crippen molar-refractivity contribution >= 4 is 38.5 Å². The van der Waals surface area contributed by atoms with Crippen LogP contribution >= 0.6 is 15.9 Å². The molecule has 0 unspecified atom stereocenters. The summed E-state index contributed by atoms with van der Waals surface area (Å²) in [6, 6.07) is 19.7. The molecule has 1 aromatic heterocycles. The molecule has 5 heteroatoms. The van der Waals surface area contributed by atoms with Crippen molar-refractivity contribution in [3.8, 4) is 11.3 Å². The van der Waals surface area contributed by atoms with Crippen LogP contribution in [0.1, 0.15) is 21.5 Å². The first-order chi connectivity index (χ1) is 13.9. The van der Waals surface area contributed by atoms with Gasteiger partial charge in [-0.15, -0.1) is 0 Å². The molecule has 0 aliphatic heterocycles. The second-order valence-electron chi connectivity index (χ2n) is 6.98. The summed E-state index contributed by atoms with van der Waals surface area (Å²) in [6.45, 7) is 3.88. The van der Waals surface area contributed by atoms with Crippen LogP contribution in [-0.4, -0.2) is 5.91 Å². The third-order valence-electron chi connectivity index (χ3n) is 4.67. The molecule has 0 atom stereocenters. The Bertz CT molecular complexity index is 1290. The molecule has 4 aromatic rings. The summed E-state index contributed by atoms with van der Waals surface area (Å²) in [5.74, 6) is 0.273. The molecule has 144 valence electrons. The molecule has 0 radical (unpaired) electrons. The molecule has 3 aromatic carbocycles. The fourth-order valence-electron chi connectivity index (χ4n) is 3.31. The maximum absolute atomic E-state index is 12.6. The summed E-state index contributed by atoms with van der Waals surface area (Å²) in [5.41, 5.74) is 4.42. The first-order valence-electron chi connectivity index (χ1n) is 9.13. The van der Waals surface area contributed by atoms with Gasteiger partial charge in [-0.3, -0.25) is 9.59 Å². The lowest BCUT2D eigenvalue weighted by Gasteiger charge is -2.08. The predicted octanol–water partition coefficient (Wildman–Crippen LogP) is 6.09. The Balaban J connectivity index is 1.64. The molecular weight excluding hydrogens is 430 g/mol. The Morgan fingerprint density at radius 3 is 2.45 bits per heavy atom. The molecule has 1 N–H and O–H groups in total. The van der Waals surface area contributed by atoms with E-state index >= 15 is 0 Å². The number of aryl methyl sites for hydroxylation is 2. The minimum absolute atomic E-state index is 0.0791. The number of nitrogens with one attached hydrogen (secondary N) is 1. The maximum atomic E-state index is 12.6. The molecule has 0 aliphatic rings. The van der Waals surface area contributed by atoms with Crippen molar-refractivity contribution in [1.29, 1.82) is 0 Å². The predicted molar refractivity (Wildman–Crippen MR) is 119 cm³/mol. The van der Waals surface area contributed by atoms with E-state index in [9.17, 15) is 9.59 Å². The number of anilines is 1. The molecule has 4 nitrogen and oxygen atoms in total. The Morgan fingerprint density at radius 2 is 1.72 bits per heavy atom. The van der Waals surface area contributed by atoms with Crippen LogP contribution in [0.5, 0.6) is 0 Å². The van der Waals surface area contributed by atoms with Crippen LogP contribution in [0.15, 0.2) is 80.4 Å². The van der Waals surface area contributed by atoms with Crippen molar-refractivity contribution < 1.29 is 9.21 Å². The van der Waals surface area contributed by atoms with Gasteiger partial charge in [0.15, 0.2) is 5.43 Å². The number of amides is 1. The molecule has 0 saturated heterocycles. The summed E-state index contributed by atoms with van der Waals surface area (Å²) in [6.07, 6.45) is 0. The monoisotopic (exact) mass is 447 g/mol. The molecular formula is C24H18BrNO3. The van der Waals surface area contributed by atoms with Crippen LogP contribution < -0.4 is 10.7 Å². The lowest BCUT2D eigenvalue weighted by molar-refractivity contribution is 0.102. The highest BCUT2D eigenvalue weighted by Gasteiger charge is 2.11. The van der Waals surface area contributed by atoms with Crippen LogP contribution in [0.25, 0.3) is 22.3 Å². The number of hydrogen-bond acceptors (Lipinski definition) is 3. The van der Waals surface area contributed by atoms with Gasteiger partial charge in [-0.2, -0.15) is 0 Å². The lowest BCUT2D eigenvalue weighted by Crippen LogP contribution is -2.11. The summed E-state index contributed by atoms with van der Waals surface area (Å²) in [7, 11) is 0. The van der Waals surface area contributed by atoms with Gasteiger partial charge in [-0.1, -0.05) is 40.2 Å². The van der Waals surface area contributed by atoms with Gasteiger partial charge >= 0.3 is 0 Å². The SMILES string of the molecule is Cc1cc(C)c2oc(-c3ccc(C(=O)Nc4cccc(Br)c4)cc3)cc(=O)c2c1. The van der Waals surface area contributed by atoms with E-state index in [0.29, 0.717) is 28.0 Å². The summed E-state index contributed by atoms with van der Waals surface area (Å²) in [4.78, 5) is 25.0. The molecule has 0 aliphatic carbocycles. The fraction of sp³-hybridized carbons (Fsp3) is 0.0833. The van der Waals surface area contributed by atoms with E-state index in [0.717, 1.165) is 21.2 Å². The van der Waals surface area contributed by atoms with Gasteiger partial charge < -0.3 is 9.73 Å². The molecule has 1 amide bonds. The Kier molecular flexibility index (Phi) is 5.07. The van der Waals surface area contributed by atoms with Gasteiger partial charge in [-0.25, -0.2) is 0 Å². The molecule has 0 fully saturated rings. The van der Waals surface area contributed by atoms with Gasteiger partial charge in [0.25, 0.3) is 5.91 Å². The normalized spacial score (nSPS) is 10.9. The summed E-state index contributed by atoms with van der Waals surface area (Å²) >= 11 is 3.39. The van der Waals surface area contributed by atoms with Crippen LogP contribution in [-0.2, 0) is 0 Å². The molecule has 0 spiro atoms. The molecule has 4 rings (SSSR count). The third-order valence-corrected chi connectivity index (χ3v) is 5.17. The van der Waals surface area contributed by atoms with Crippen molar-refractivity contribution in [2.45, 2.75) is 13.8 Å². The van der Waals surface area contributed by atoms with Gasteiger partial charge in [0.1, 0.15) is 11.3 Å². The zero-order valence-electron chi connectivity index (χ0n) is 16.0. The van der Waals surface area contributed by atoms with Crippen molar-refractivity contribution in [3.63, 3.8) is 0 Å². The Morgan fingerprint density at radius 1 is 0.966 bits per heavy atom. The van der Waals surface area contributed by atoms with Crippen molar-refractivity contribution in [1.82, 2.24) is 0 Å². The Labute approximate surface area is 176 Å². The zero-order valence-corrected chi connectivity index (χ0v) is 17.5. The highest BCUT2D eigenvalue weighted by molar-refractivity contribution is 9.10. The third kappa shape index (κ3) is 4.00. The minimum atomic E-state index is -0.207. The standard InChI is InChI=1S/C24H18BrNO3/c1-14-10-15(2)23-20(11-14)21(27)13-22(29-23)16-6-8-17(9-7-16)24(28)26-19-5-3-4-18(25)12-19/h3-13H,1-2H3,(H,26,28). The van der Waals surface area contributed by atoms with Crippen LogP contribution in [0.2, 0.25) is 0 Å². The van der Waals surface area contributed by atoms with E-state index in [1.165, 1.54) is 6.07 Å². The van der Waals surface area contributed by atoms with Crippen molar-refractivity contribution in [3.05, 3.63) is 98.1 Å². The van der Waals surface area contributed by atoms with E-state index in [1.54, 1.807) is 24.3 Å². The van der Waals surface area contributed by atoms with Crippen molar-refractivity contribution in [2.24, 2.45) is 0 Å². The molecule has 0 bridgehead atoms. The van der Waals surface area contributed by atoms with E-state index in [-0.39, 0.29) is 11.3 Å². The molecule has 0 saturated carbocycles. The van der Waals surface area contributed by atoms with E-state index in [1.807, 2.05) is 50.2 Å². The highest BCUT2D eigenvalue weighted by atomic mass is 79.9. The number of rotatable bonds is 3. The topological polar surface area (TPSA) is 59.3 Å². The molecule has 1 heterocycles. The lowest BCUT2D eigenvalue weighted by atomic mass is 10.1.